The van der Waals surface area contributed by atoms with Crippen LogP contribution >= 0.6 is 0 Å². The van der Waals surface area contributed by atoms with Gasteiger partial charge in [0.15, 0.2) is 0 Å². The first-order chi connectivity index (χ1) is 3.68. The van der Waals surface area contributed by atoms with Gasteiger partial charge in [0.1, 0.15) is 12.8 Å². The predicted octanol–water partition coefficient (Wildman–Crippen LogP) is -1.57. The van der Waals surface area contributed by atoms with Gasteiger partial charge in [-0.05, 0) is 6.92 Å². The van der Waals surface area contributed by atoms with E-state index in [1.165, 1.54) is 6.92 Å². The number of aliphatic hydroxyl groups excluding tert-OH is 2. The maximum atomic E-state index is 10.2. The lowest BCUT2D eigenvalue weighted by Gasteiger charge is -2.01. The van der Waals surface area contributed by atoms with Gasteiger partial charge in [0, 0.05) is 0 Å². The van der Waals surface area contributed by atoms with E-state index in [1.54, 1.807) is 0 Å². The second-order valence-electron chi connectivity index (χ2n) is 1.38. The molecular formula is C4H9NO3. The van der Waals surface area contributed by atoms with Crippen LogP contribution in [0.15, 0.2) is 0 Å². The maximum Gasteiger partial charge on any atom is 0.250 e. The SMILES string of the molecule is CC(O)C(=O)NCO. The van der Waals surface area contributed by atoms with Gasteiger partial charge in [-0.1, -0.05) is 0 Å². The van der Waals surface area contributed by atoms with Gasteiger partial charge in [-0.15, -0.1) is 0 Å². The molecule has 0 fully saturated rings. The molecule has 0 saturated carbocycles. The van der Waals surface area contributed by atoms with Gasteiger partial charge in [0.05, 0.1) is 0 Å². The molecule has 1 atom stereocenters. The van der Waals surface area contributed by atoms with E-state index in [0.29, 0.717) is 0 Å². The molecule has 0 aromatic rings. The van der Waals surface area contributed by atoms with Crippen LogP contribution in [0.2, 0.25) is 0 Å². The van der Waals surface area contributed by atoms with Crippen molar-refractivity contribution in [1.29, 1.82) is 0 Å². The van der Waals surface area contributed by atoms with Crippen molar-refractivity contribution in [3.63, 3.8) is 0 Å². The van der Waals surface area contributed by atoms with E-state index in [4.69, 9.17) is 10.2 Å². The number of hydrogen-bond donors (Lipinski definition) is 3. The maximum absolute atomic E-state index is 10.2. The molecule has 8 heavy (non-hydrogen) atoms. The third-order valence-electron chi connectivity index (χ3n) is 0.633. The molecule has 0 spiro atoms. The summed E-state index contributed by atoms with van der Waals surface area (Å²) >= 11 is 0. The molecule has 0 radical (unpaired) electrons. The number of rotatable bonds is 2. The highest BCUT2D eigenvalue weighted by molar-refractivity contribution is 5.79. The molecule has 1 unspecified atom stereocenters. The number of amides is 1. The molecule has 0 aromatic heterocycles. The Balaban J connectivity index is 3.33. The Morgan fingerprint density at radius 3 is 2.50 bits per heavy atom. The normalized spacial score (nSPS) is 12.9. The Morgan fingerprint density at radius 1 is 1.88 bits per heavy atom. The zero-order valence-corrected chi connectivity index (χ0v) is 4.59. The first-order valence-electron chi connectivity index (χ1n) is 2.25. The third kappa shape index (κ3) is 2.54. The second kappa shape index (κ2) is 3.40. The Bertz CT molecular complexity index is 81.4. The Morgan fingerprint density at radius 2 is 2.38 bits per heavy atom. The number of hydrogen-bond acceptors (Lipinski definition) is 3. The van der Waals surface area contributed by atoms with Crippen LogP contribution in [0.1, 0.15) is 6.92 Å². The predicted molar refractivity (Wildman–Crippen MR) is 26.9 cm³/mol. The molecule has 4 heteroatoms. The molecule has 1 amide bonds. The molecule has 0 aliphatic rings. The van der Waals surface area contributed by atoms with Gasteiger partial charge in [0.2, 0.25) is 5.91 Å². The number of carbonyl (C=O) groups excluding carboxylic acids is 1. The van der Waals surface area contributed by atoms with Gasteiger partial charge >= 0.3 is 0 Å². The van der Waals surface area contributed by atoms with Crippen LogP contribution in [0.25, 0.3) is 0 Å². The quantitative estimate of drug-likeness (QED) is 0.385. The summed E-state index contributed by atoms with van der Waals surface area (Å²) < 4.78 is 0. The van der Waals surface area contributed by atoms with Gasteiger partial charge in [-0.3, -0.25) is 4.79 Å². The summed E-state index contributed by atoms with van der Waals surface area (Å²) in [5.41, 5.74) is 0. The average Bonchev–Trinajstić information content (AvgIpc) is 1.67. The molecule has 0 rings (SSSR count). The molecule has 48 valence electrons. The van der Waals surface area contributed by atoms with Crippen molar-refractivity contribution in [2.75, 3.05) is 6.73 Å². The van der Waals surface area contributed by atoms with Gasteiger partial charge < -0.3 is 15.5 Å². The zero-order valence-electron chi connectivity index (χ0n) is 4.59. The topological polar surface area (TPSA) is 69.6 Å². The van der Waals surface area contributed by atoms with Crippen molar-refractivity contribution in [2.45, 2.75) is 13.0 Å². The summed E-state index contributed by atoms with van der Waals surface area (Å²) in [6, 6.07) is 0. The smallest absolute Gasteiger partial charge is 0.250 e. The summed E-state index contributed by atoms with van der Waals surface area (Å²) in [7, 11) is 0. The highest BCUT2D eigenvalue weighted by Gasteiger charge is 2.04. The lowest BCUT2D eigenvalue weighted by atomic mass is 10.4. The summed E-state index contributed by atoms with van der Waals surface area (Å²) in [5.74, 6) is -0.562. The van der Waals surface area contributed by atoms with Crippen molar-refractivity contribution in [3.8, 4) is 0 Å². The van der Waals surface area contributed by atoms with Crippen molar-refractivity contribution in [2.24, 2.45) is 0 Å². The van der Waals surface area contributed by atoms with E-state index in [9.17, 15) is 4.79 Å². The molecule has 0 aromatic carbocycles. The molecule has 3 N–H and O–H groups in total. The van der Waals surface area contributed by atoms with E-state index in [2.05, 4.69) is 0 Å². The first kappa shape index (κ1) is 7.39. The molecular weight excluding hydrogens is 110 g/mol. The van der Waals surface area contributed by atoms with Gasteiger partial charge in [0.25, 0.3) is 0 Å². The number of nitrogens with one attached hydrogen (secondary N) is 1. The fourth-order valence-electron chi connectivity index (χ4n) is 0.226. The molecule has 0 aliphatic carbocycles. The average molecular weight is 119 g/mol. The highest BCUT2D eigenvalue weighted by atomic mass is 16.3. The molecule has 4 nitrogen and oxygen atoms in total. The molecule has 0 aliphatic heterocycles. The monoisotopic (exact) mass is 119 g/mol. The molecule has 0 heterocycles. The van der Waals surface area contributed by atoms with Crippen molar-refractivity contribution >= 4 is 5.91 Å². The largest absolute Gasteiger partial charge is 0.384 e. The van der Waals surface area contributed by atoms with Crippen molar-refractivity contribution in [1.82, 2.24) is 5.32 Å². The minimum Gasteiger partial charge on any atom is -0.384 e. The van der Waals surface area contributed by atoms with Crippen LogP contribution in [0.3, 0.4) is 0 Å². The standard InChI is InChI=1S/C4H9NO3/c1-3(7)4(8)5-2-6/h3,6-7H,2H2,1H3,(H,5,8). The Hall–Kier alpha value is -0.610. The summed E-state index contributed by atoms with van der Waals surface area (Å²) in [6.07, 6.45) is -1.04. The number of aliphatic hydroxyl groups is 2. The summed E-state index contributed by atoms with van der Waals surface area (Å²) in [4.78, 5) is 10.2. The van der Waals surface area contributed by atoms with E-state index in [-0.39, 0.29) is 0 Å². The van der Waals surface area contributed by atoms with Crippen molar-refractivity contribution in [3.05, 3.63) is 0 Å². The fraction of sp³-hybridized carbons (Fsp3) is 0.750. The van der Waals surface area contributed by atoms with Crippen LogP contribution < -0.4 is 5.32 Å². The molecule has 0 bridgehead atoms. The Labute approximate surface area is 47.1 Å². The molecule has 0 saturated heterocycles. The van der Waals surface area contributed by atoms with Crippen LogP contribution in [0.5, 0.6) is 0 Å². The first-order valence-corrected chi connectivity index (χ1v) is 2.25. The lowest BCUT2D eigenvalue weighted by Crippen LogP contribution is -2.32. The summed E-state index contributed by atoms with van der Waals surface area (Å²) in [5, 5.41) is 18.5. The van der Waals surface area contributed by atoms with E-state index < -0.39 is 18.7 Å². The minimum absolute atomic E-state index is 0.427. The van der Waals surface area contributed by atoms with Crippen LogP contribution in [0.4, 0.5) is 0 Å². The third-order valence-corrected chi connectivity index (χ3v) is 0.633. The highest BCUT2D eigenvalue weighted by Crippen LogP contribution is 1.75. The fourth-order valence-corrected chi connectivity index (χ4v) is 0.226. The van der Waals surface area contributed by atoms with Crippen molar-refractivity contribution < 1.29 is 15.0 Å². The van der Waals surface area contributed by atoms with Crippen LogP contribution in [-0.2, 0) is 4.79 Å². The van der Waals surface area contributed by atoms with Crippen LogP contribution in [-0.4, -0.2) is 29.0 Å². The van der Waals surface area contributed by atoms with E-state index in [1.807, 2.05) is 5.32 Å². The van der Waals surface area contributed by atoms with E-state index >= 15 is 0 Å². The number of carbonyl (C=O) groups is 1. The van der Waals surface area contributed by atoms with E-state index in [0.717, 1.165) is 0 Å². The second-order valence-corrected chi connectivity index (χ2v) is 1.38. The summed E-state index contributed by atoms with van der Waals surface area (Å²) in [6.45, 7) is 0.898. The zero-order chi connectivity index (χ0) is 6.57. The van der Waals surface area contributed by atoms with Crippen LogP contribution in [0, 0.1) is 0 Å². The lowest BCUT2D eigenvalue weighted by molar-refractivity contribution is -0.129. The Kier molecular flexibility index (Phi) is 3.14. The van der Waals surface area contributed by atoms with Gasteiger partial charge in [-0.2, -0.15) is 0 Å². The van der Waals surface area contributed by atoms with Gasteiger partial charge in [-0.25, -0.2) is 0 Å². The minimum atomic E-state index is -1.04.